The Bertz CT molecular complexity index is 104. The maximum absolute atomic E-state index is 10.3. The fourth-order valence-electron chi connectivity index (χ4n) is 0.376. The van der Waals surface area contributed by atoms with Gasteiger partial charge in [-0.15, -0.1) is 0 Å². The van der Waals surface area contributed by atoms with E-state index in [9.17, 15) is 4.79 Å². The third-order valence-electron chi connectivity index (χ3n) is 0.909. The van der Waals surface area contributed by atoms with E-state index in [4.69, 9.17) is 0 Å². The summed E-state index contributed by atoms with van der Waals surface area (Å²) >= 11 is 0. The summed E-state index contributed by atoms with van der Waals surface area (Å²) < 4.78 is 4.67. The molecule has 0 bridgehead atoms. The number of carbonyl (C=O) groups excluding carboxylic acids is 1. The van der Waals surface area contributed by atoms with Crippen LogP contribution in [0.1, 0.15) is 19.8 Å². The van der Waals surface area contributed by atoms with Crippen LogP contribution in [0.2, 0.25) is 0 Å². The molecule has 0 fully saturated rings. The first-order valence-electron chi connectivity index (χ1n) is 3.10. The van der Waals surface area contributed by atoms with E-state index in [0.717, 1.165) is 12.8 Å². The van der Waals surface area contributed by atoms with Crippen molar-refractivity contribution in [1.29, 1.82) is 0 Å². The molecule has 0 aliphatic heterocycles. The Labute approximate surface area is 79.9 Å². The average molecular weight is 210 g/mol. The molecule has 0 rings (SSSR count). The van der Waals surface area contributed by atoms with Crippen LogP contribution in [-0.2, 0) is 34.5 Å². The standard InChI is InChI=1S/C7H12O2.O.Zn/c1-3-5-6-9-7(8)4-2;;/h4H,2-3,5-6H2,1H3;;/q;-2;+2. The van der Waals surface area contributed by atoms with Gasteiger partial charge in [0.1, 0.15) is 0 Å². The normalized spacial score (nSPS) is 7.00. The molecule has 11 heavy (non-hydrogen) atoms. The van der Waals surface area contributed by atoms with Crippen molar-refractivity contribution in [2.24, 2.45) is 0 Å². The summed E-state index contributed by atoms with van der Waals surface area (Å²) in [7, 11) is 0. The summed E-state index contributed by atoms with van der Waals surface area (Å²) in [4.78, 5) is 10.3. The molecule has 0 aliphatic carbocycles. The Morgan fingerprint density at radius 2 is 2.18 bits per heavy atom. The fourth-order valence-corrected chi connectivity index (χ4v) is 0.376. The molecule has 3 nitrogen and oxygen atoms in total. The fraction of sp³-hybridized carbons (Fsp3) is 0.571. The van der Waals surface area contributed by atoms with Gasteiger partial charge in [0.25, 0.3) is 0 Å². The predicted molar refractivity (Wildman–Crippen MR) is 36.8 cm³/mol. The number of hydrogen-bond donors (Lipinski definition) is 0. The van der Waals surface area contributed by atoms with Gasteiger partial charge in [0, 0.05) is 6.08 Å². The predicted octanol–water partition coefficient (Wildman–Crippen LogP) is 1.39. The van der Waals surface area contributed by atoms with Crippen LogP contribution in [0.3, 0.4) is 0 Å². The van der Waals surface area contributed by atoms with E-state index in [1.54, 1.807) is 0 Å². The Hall–Kier alpha value is -0.207. The van der Waals surface area contributed by atoms with Crippen LogP contribution in [0.4, 0.5) is 0 Å². The SMILES string of the molecule is C=CC(=O)OCCCC.[O-2].[Zn+2]. The van der Waals surface area contributed by atoms with Crippen molar-refractivity contribution in [3.05, 3.63) is 12.7 Å². The van der Waals surface area contributed by atoms with Crippen molar-refractivity contribution in [3.8, 4) is 0 Å². The van der Waals surface area contributed by atoms with Crippen LogP contribution in [0.5, 0.6) is 0 Å². The van der Waals surface area contributed by atoms with E-state index in [2.05, 4.69) is 11.3 Å². The molecule has 0 saturated heterocycles. The van der Waals surface area contributed by atoms with Gasteiger partial charge in [-0.1, -0.05) is 19.9 Å². The summed E-state index contributed by atoms with van der Waals surface area (Å²) in [5.41, 5.74) is 0. The number of esters is 1. The zero-order valence-electron chi connectivity index (χ0n) is 6.84. The Balaban J connectivity index is -0.000000320. The summed E-state index contributed by atoms with van der Waals surface area (Å²) in [6, 6.07) is 0. The molecule has 4 heteroatoms. The third kappa shape index (κ3) is 12.9. The second kappa shape index (κ2) is 12.5. The molecule has 0 heterocycles. The van der Waals surface area contributed by atoms with E-state index in [-0.39, 0.29) is 30.9 Å². The van der Waals surface area contributed by atoms with Gasteiger partial charge in [-0.3, -0.25) is 0 Å². The van der Waals surface area contributed by atoms with Crippen LogP contribution >= 0.6 is 0 Å². The average Bonchev–Trinajstić information content (AvgIpc) is 1.89. The summed E-state index contributed by atoms with van der Waals surface area (Å²) in [5.74, 6) is -0.330. The molecule has 0 aromatic rings. The first kappa shape index (κ1) is 17.0. The molecule has 0 aromatic heterocycles. The van der Waals surface area contributed by atoms with E-state index in [0.29, 0.717) is 6.61 Å². The molecule has 0 radical (unpaired) electrons. The van der Waals surface area contributed by atoms with Crippen molar-refractivity contribution in [1.82, 2.24) is 0 Å². The molecule has 0 spiro atoms. The molecule has 0 saturated carbocycles. The molecule has 0 unspecified atom stereocenters. The smallest absolute Gasteiger partial charge is 2.00 e. The molecule has 0 atom stereocenters. The van der Waals surface area contributed by atoms with Crippen LogP contribution in [0.25, 0.3) is 0 Å². The second-order valence-corrected chi connectivity index (χ2v) is 1.73. The van der Waals surface area contributed by atoms with Crippen LogP contribution in [0.15, 0.2) is 12.7 Å². The molecule has 60 valence electrons. The Kier molecular flexibility index (Phi) is 19.3. The minimum atomic E-state index is -0.330. The number of unbranched alkanes of at least 4 members (excludes halogenated alkanes) is 1. The zero-order chi connectivity index (χ0) is 7.11. The van der Waals surface area contributed by atoms with Crippen LogP contribution < -0.4 is 0 Å². The monoisotopic (exact) mass is 208 g/mol. The van der Waals surface area contributed by atoms with Crippen molar-refractivity contribution in [3.63, 3.8) is 0 Å². The van der Waals surface area contributed by atoms with E-state index in [1.165, 1.54) is 6.08 Å². The number of rotatable bonds is 4. The van der Waals surface area contributed by atoms with Gasteiger partial charge in [-0.25, -0.2) is 4.79 Å². The largest absolute Gasteiger partial charge is 2.00 e. The van der Waals surface area contributed by atoms with Gasteiger partial charge in [-0.05, 0) is 6.42 Å². The number of carbonyl (C=O) groups is 1. The van der Waals surface area contributed by atoms with E-state index in [1.807, 2.05) is 6.92 Å². The van der Waals surface area contributed by atoms with E-state index < -0.39 is 0 Å². The summed E-state index contributed by atoms with van der Waals surface area (Å²) in [6.45, 7) is 5.82. The molecule has 0 N–H and O–H groups in total. The summed E-state index contributed by atoms with van der Waals surface area (Å²) in [5, 5.41) is 0. The maximum Gasteiger partial charge on any atom is 2.00 e. The number of hydrogen-bond acceptors (Lipinski definition) is 2. The van der Waals surface area contributed by atoms with Crippen molar-refractivity contribution < 1.29 is 34.5 Å². The van der Waals surface area contributed by atoms with Gasteiger partial charge >= 0.3 is 25.4 Å². The van der Waals surface area contributed by atoms with Gasteiger partial charge in [0.15, 0.2) is 0 Å². The van der Waals surface area contributed by atoms with Crippen LogP contribution in [-0.4, -0.2) is 12.6 Å². The minimum absolute atomic E-state index is 0. The molecule has 0 aromatic carbocycles. The topological polar surface area (TPSA) is 54.8 Å². The minimum Gasteiger partial charge on any atom is -2.00 e. The van der Waals surface area contributed by atoms with Crippen molar-refractivity contribution in [2.45, 2.75) is 19.8 Å². The molecular weight excluding hydrogens is 197 g/mol. The summed E-state index contributed by atoms with van der Waals surface area (Å²) in [6.07, 6.45) is 3.15. The molecule has 0 amide bonds. The Morgan fingerprint density at radius 1 is 1.64 bits per heavy atom. The van der Waals surface area contributed by atoms with Crippen molar-refractivity contribution in [2.75, 3.05) is 6.61 Å². The van der Waals surface area contributed by atoms with Crippen LogP contribution in [0, 0.1) is 0 Å². The maximum atomic E-state index is 10.3. The van der Waals surface area contributed by atoms with E-state index >= 15 is 0 Å². The first-order valence-corrected chi connectivity index (χ1v) is 3.10. The van der Waals surface area contributed by atoms with Gasteiger partial charge in [0.2, 0.25) is 0 Å². The third-order valence-corrected chi connectivity index (χ3v) is 0.909. The quantitative estimate of drug-likeness (QED) is 0.304. The second-order valence-electron chi connectivity index (χ2n) is 1.73. The zero-order valence-corrected chi connectivity index (χ0v) is 9.80. The van der Waals surface area contributed by atoms with Gasteiger partial charge in [0.05, 0.1) is 6.61 Å². The van der Waals surface area contributed by atoms with Gasteiger partial charge < -0.3 is 10.2 Å². The van der Waals surface area contributed by atoms with Gasteiger partial charge in [-0.2, -0.15) is 0 Å². The Morgan fingerprint density at radius 3 is 2.55 bits per heavy atom. The number of ether oxygens (including phenoxy) is 1. The molecule has 0 aliphatic rings. The first-order chi connectivity index (χ1) is 4.31. The van der Waals surface area contributed by atoms with Crippen molar-refractivity contribution >= 4 is 5.97 Å². The molecular formula is C7H12O3Zn.